The molecule has 0 aliphatic carbocycles. The molecule has 8 heteroatoms. The number of hydrogen-bond donors (Lipinski definition) is 1. The molecule has 8 nitrogen and oxygen atoms in total. The molecule has 32 heavy (non-hydrogen) atoms. The summed E-state index contributed by atoms with van der Waals surface area (Å²) in [7, 11) is 1.54. The number of carbonyl (C=O) groups is 4. The van der Waals surface area contributed by atoms with Crippen LogP contribution in [-0.4, -0.2) is 37.4 Å². The molecule has 1 N–H and O–H groups in total. The van der Waals surface area contributed by atoms with Crippen LogP contribution in [0.1, 0.15) is 31.1 Å². The lowest BCUT2D eigenvalue weighted by molar-refractivity contribution is -0.119. The van der Waals surface area contributed by atoms with Crippen molar-refractivity contribution in [3.63, 3.8) is 0 Å². The van der Waals surface area contributed by atoms with E-state index in [0.717, 1.165) is 4.90 Å². The fourth-order valence-corrected chi connectivity index (χ4v) is 3.28. The van der Waals surface area contributed by atoms with Crippen LogP contribution in [0, 0.1) is 0 Å². The van der Waals surface area contributed by atoms with Gasteiger partial charge in [-0.2, -0.15) is 0 Å². The summed E-state index contributed by atoms with van der Waals surface area (Å²) in [6.45, 7) is -0.498. The Morgan fingerprint density at radius 3 is 2.16 bits per heavy atom. The molecule has 1 heterocycles. The molecule has 0 atom stereocenters. The number of hydrogen-bond acceptors (Lipinski definition) is 6. The highest BCUT2D eigenvalue weighted by molar-refractivity contribution is 6.34. The molecular weight excluding hydrogens is 412 g/mol. The first kappa shape index (κ1) is 20.8. The summed E-state index contributed by atoms with van der Waals surface area (Å²) in [5, 5.41) is 2.61. The van der Waals surface area contributed by atoms with Crippen LogP contribution < -0.4 is 15.0 Å². The average molecular weight is 430 g/mol. The summed E-state index contributed by atoms with van der Waals surface area (Å²) in [6.07, 6.45) is 0. The summed E-state index contributed by atoms with van der Waals surface area (Å²) < 4.78 is 10.1. The van der Waals surface area contributed by atoms with Gasteiger partial charge in [-0.1, -0.05) is 18.2 Å². The third kappa shape index (κ3) is 4.06. The Kier molecular flexibility index (Phi) is 5.67. The quantitative estimate of drug-likeness (QED) is 0.476. The molecular formula is C24H18N2O6. The summed E-state index contributed by atoms with van der Waals surface area (Å²) in [5.41, 5.74) is 1.49. The van der Waals surface area contributed by atoms with Crippen molar-refractivity contribution in [3.05, 3.63) is 89.5 Å². The van der Waals surface area contributed by atoms with Gasteiger partial charge in [0.25, 0.3) is 17.7 Å². The third-order valence-electron chi connectivity index (χ3n) is 4.84. The van der Waals surface area contributed by atoms with E-state index in [1.165, 1.54) is 25.3 Å². The van der Waals surface area contributed by atoms with Gasteiger partial charge in [-0.15, -0.1) is 0 Å². The summed E-state index contributed by atoms with van der Waals surface area (Å²) in [4.78, 5) is 50.8. The smallest absolute Gasteiger partial charge is 0.338 e. The van der Waals surface area contributed by atoms with Crippen LogP contribution in [0.15, 0.2) is 72.8 Å². The van der Waals surface area contributed by atoms with Crippen LogP contribution in [0.3, 0.4) is 0 Å². The molecule has 0 saturated carbocycles. The van der Waals surface area contributed by atoms with E-state index in [9.17, 15) is 19.2 Å². The van der Waals surface area contributed by atoms with Crippen molar-refractivity contribution in [1.82, 2.24) is 0 Å². The molecule has 0 aromatic heterocycles. The van der Waals surface area contributed by atoms with Crippen molar-refractivity contribution < 1.29 is 28.7 Å². The lowest BCUT2D eigenvalue weighted by atomic mass is 10.1. The topological polar surface area (TPSA) is 102 Å². The van der Waals surface area contributed by atoms with Crippen LogP contribution in [0.2, 0.25) is 0 Å². The molecule has 0 fully saturated rings. The molecule has 4 rings (SSSR count). The van der Waals surface area contributed by atoms with E-state index >= 15 is 0 Å². The van der Waals surface area contributed by atoms with E-state index < -0.39 is 30.3 Å². The van der Waals surface area contributed by atoms with E-state index in [1.54, 1.807) is 54.6 Å². The Balaban J connectivity index is 1.41. The number of fused-ring (bicyclic) bond motifs is 1. The van der Waals surface area contributed by atoms with Crippen molar-refractivity contribution in [2.75, 3.05) is 23.9 Å². The number of carbonyl (C=O) groups excluding carboxylic acids is 4. The first-order chi connectivity index (χ1) is 15.5. The first-order valence-corrected chi connectivity index (χ1v) is 9.67. The number of esters is 1. The van der Waals surface area contributed by atoms with Gasteiger partial charge in [-0.05, 0) is 54.6 Å². The van der Waals surface area contributed by atoms with Crippen LogP contribution in [-0.2, 0) is 9.53 Å². The standard InChI is InChI=1S/C24H18N2O6/c1-31-18-11-9-16(10-12-18)25-21(27)14-32-24(30)15-5-4-6-17(13-15)26-22(28)19-7-2-3-8-20(19)23(26)29/h2-13H,14H2,1H3,(H,25,27). The molecule has 0 saturated heterocycles. The summed E-state index contributed by atoms with van der Waals surface area (Å²) in [5.74, 6) is -1.55. The van der Waals surface area contributed by atoms with Gasteiger partial charge in [-0.25, -0.2) is 9.69 Å². The number of rotatable bonds is 6. The maximum Gasteiger partial charge on any atom is 0.338 e. The minimum absolute atomic E-state index is 0.108. The van der Waals surface area contributed by atoms with Gasteiger partial charge < -0.3 is 14.8 Å². The van der Waals surface area contributed by atoms with Crippen molar-refractivity contribution in [2.45, 2.75) is 0 Å². The molecule has 160 valence electrons. The maximum atomic E-state index is 12.6. The van der Waals surface area contributed by atoms with Crippen LogP contribution in [0.5, 0.6) is 5.75 Å². The van der Waals surface area contributed by atoms with E-state index in [0.29, 0.717) is 22.6 Å². The zero-order chi connectivity index (χ0) is 22.7. The minimum atomic E-state index is -0.756. The largest absolute Gasteiger partial charge is 0.497 e. The van der Waals surface area contributed by atoms with Crippen molar-refractivity contribution in [1.29, 1.82) is 0 Å². The molecule has 0 radical (unpaired) electrons. The molecule has 0 bridgehead atoms. The van der Waals surface area contributed by atoms with Gasteiger partial charge in [-0.3, -0.25) is 14.4 Å². The predicted octanol–water partition coefficient (Wildman–Crippen LogP) is 3.29. The lowest BCUT2D eigenvalue weighted by Gasteiger charge is -2.15. The number of imide groups is 1. The van der Waals surface area contributed by atoms with E-state index in [2.05, 4.69) is 5.32 Å². The zero-order valence-corrected chi connectivity index (χ0v) is 17.0. The number of amides is 3. The second-order valence-corrected chi connectivity index (χ2v) is 6.89. The Labute approximate surface area is 183 Å². The number of benzene rings is 3. The van der Waals surface area contributed by atoms with Crippen molar-refractivity contribution >= 4 is 35.1 Å². The molecule has 0 unspecified atom stereocenters. The van der Waals surface area contributed by atoms with E-state index in [4.69, 9.17) is 9.47 Å². The Hall–Kier alpha value is -4.46. The second kappa shape index (κ2) is 8.73. The van der Waals surface area contributed by atoms with Crippen LogP contribution >= 0.6 is 0 Å². The molecule has 3 amide bonds. The van der Waals surface area contributed by atoms with Crippen molar-refractivity contribution in [2.24, 2.45) is 0 Å². The Bertz CT molecular complexity index is 1180. The molecule has 1 aliphatic heterocycles. The summed E-state index contributed by atoms with van der Waals surface area (Å²) >= 11 is 0. The van der Waals surface area contributed by atoms with E-state index in [1.807, 2.05) is 0 Å². The summed E-state index contributed by atoms with van der Waals surface area (Å²) in [6, 6.07) is 19.1. The van der Waals surface area contributed by atoms with Gasteiger partial charge in [0.1, 0.15) is 5.75 Å². The first-order valence-electron chi connectivity index (χ1n) is 9.67. The lowest BCUT2D eigenvalue weighted by Crippen LogP contribution is -2.29. The van der Waals surface area contributed by atoms with Gasteiger partial charge in [0.2, 0.25) is 0 Å². The molecule has 1 aliphatic rings. The fraction of sp³-hybridized carbons (Fsp3) is 0.0833. The minimum Gasteiger partial charge on any atom is -0.497 e. The fourth-order valence-electron chi connectivity index (χ4n) is 3.28. The number of ether oxygens (including phenoxy) is 2. The van der Waals surface area contributed by atoms with E-state index in [-0.39, 0.29) is 11.3 Å². The molecule has 3 aromatic carbocycles. The zero-order valence-electron chi connectivity index (χ0n) is 17.0. The average Bonchev–Trinajstić information content (AvgIpc) is 3.08. The predicted molar refractivity (Wildman–Crippen MR) is 116 cm³/mol. The van der Waals surface area contributed by atoms with Gasteiger partial charge in [0.15, 0.2) is 6.61 Å². The SMILES string of the molecule is COc1ccc(NC(=O)COC(=O)c2cccc(N3C(=O)c4ccccc4C3=O)c2)cc1. The van der Waals surface area contributed by atoms with Gasteiger partial charge in [0.05, 0.1) is 29.5 Å². The highest BCUT2D eigenvalue weighted by Gasteiger charge is 2.36. The molecule has 3 aromatic rings. The number of anilines is 2. The highest BCUT2D eigenvalue weighted by Crippen LogP contribution is 2.28. The third-order valence-corrected chi connectivity index (χ3v) is 4.84. The Morgan fingerprint density at radius 1 is 0.875 bits per heavy atom. The second-order valence-electron chi connectivity index (χ2n) is 6.89. The van der Waals surface area contributed by atoms with Crippen molar-refractivity contribution in [3.8, 4) is 5.75 Å². The number of nitrogens with one attached hydrogen (secondary N) is 1. The highest BCUT2D eigenvalue weighted by atomic mass is 16.5. The number of nitrogens with zero attached hydrogens (tertiary/aromatic N) is 1. The monoisotopic (exact) mass is 430 g/mol. The Morgan fingerprint density at radius 2 is 1.53 bits per heavy atom. The normalized spacial score (nSPS) is 12.3. The van der Waals surface area contributed by atoms with Gasteiger partial charge in [0, 0.05) is 5.69 Å². The number of methoxy groups -OCH3 is 1. The maximum absolute atomic E-state index is 12.6. The molecule has 0 spiro atoms. The van der Waals surface area contributed by atoms with Crippen LogP contribution in [0.4, 0.5) is 11.4 Å². The van der Waals surface area contributed by atoms with Gasteiger partial charge >= 0.3 is 5.97 Å². The van der Waals surface area contributed by atoms with Crippen LogP contribution in [0.25, 0.3) is 0 Å².